The van der Waals surface area contributed by atoms with Gasteiger partial charge < -0.3 is 15.2 Å². The second-order valence-corrected chi connectivity index (χ2v) is 10.4. The maximum absolute atomic E-state index is 15.1. The van der Waals surface area contributed by atoms with Crippen LogP contribution in [0, 0.1) is 17.2 Å². The number of hydrogen-bond donors (Lipinski definition) is 2. The molecule has 7 rings (SSSR count). The lowest BCUT2D eigenvalue weighted by atomic mass is 9.56. The van der Waals surface area contributed by atoms with Crippen molar-refractivity contribution >= 4 is 23.2 Å². The van der Waals surface area contributed by atoms with Crippen molar-refractivity contribution in [2.24, 2.45) is 12.5 Å². The van der Waals surface area contributed by atoms with Gasteiger partial charge in [0.2, 0.25) is 5.95 Å². The standard InChI is InChI=1S/C26H24ClF2N5O3/c1-33-10-17(23(29)32-33)16-3-2-4-18(28)20(16)21-22(27)34-7-5-15(9-19(34)31-21)24(36)30-13-26-11-25(12-26,14-35)6-8-37-26/h2-5,7,9-10,35H,6,8,11-14H2,1H3,(H,30,36). The van der Waals surface area contributed by atoms with Crippen molar-refractivity contribution in [3.63, 3.8) is 0 Å². The molecule has 2 N–H and O–H groups in total. The molecular formula is C26H24ClF2N5O3. The summed E-state index contributed by atoms with van der Waals surface area (Å²) >= 11 is 6.59. The molecule has 1 saturated carbocycles. The molecule has 1 aliphatic carbocycles. The smallest absolute Gasteiger partial charge is 0.251 e. The number of carbonyl (C=O) groups excluding carboxylic acids is 1. The Kier molecular flexibility index (Phi) is 5.59. The third kappa shape index (κ3) is 3.91. The first-order valence-electron chi connectivity index (χ1n) is 11.9. The van der Waals surface area contributed by atoms with Gasteiger partial charge in [0.05, 0.1) is 11.2 Å². The van der Waals surface area contributed by atoms with E-state index < -0.39 is 17.4 Å². The number of carbonyl (C=O) groups is 1. The van der Waals surface area contributed by atoms with Crippen LogP contribution in [0.5, 0.6) is 0 Å². The fourth-order valence-electron chi connectivity index (χ4n) is 5.73. The molecule has 4 aromatic rings. The highest BCUT2D eigenvalue weighted by Gasteiger charge is 2.58. The Bertz CT molecular complexity index is 1540. The number of amides is 1. The highest BCUT2D eigenvalue weighted by atomic mass is 35.5. The third-order valence-corrected chi connectivity index (χ3v) is 7.86. The zero-order valence-corrected chi connectivity index (χ0v) is 20.7. The van der Waals surface area contributed by atoms with Crippen LogP contribution in [-0.2, 0) is 11.8 Å². The second-order valence-electron chi connectivity index (χ2n) is 10.0. The number of aliphatic hydroxyl groups is 1. The monoisotopic (exact) mass is 527 g/mol. The van der Waals surface area contributed by atoms with E-state index in [2.05, 4.69) is 15.4 Å². The Hall–Kier alpha value is -3.34. The second kappa shape index (κ2) is 8.61. The molecule has 192 valence electrons. The van der Waals surface area contributed by atoms with Gasteiger partial charge in [-0.15, -0.1) is 5.10 Å². The van der Waals surface area contributed by atoms with Crippen molar-refractivity contribution < 1.29 is 23.4 Å². The number of nitrogens with one attached hydrogen (secondary N) is 1. The summed E-state index contributed by atoms with van der Waals surface area (Å²) in [5, 5.41) is 16.4. The number of hydrogen-bond acceptors (Lipinski definition) is 5. The molecule has 11 heteroatoms. The summed E-state index contributed by atoms with van der Waals surface area (Å²) in [5.41, 5.74) is 0.717. The summed E-state index contributed by atoms with van der Waals surface area (Å²) in [7, 11) is 1.57. The number of nitrogens with zero attached hydrogens (tertiary/aromatic N) is 4. The number of halogens is 3. The van der Waals surface area contributed by atoms with E-state index in [4.69, 9.17) is 16.3 Å². The SMILES string of the molecule is Cn1cc(-c2cccc(F)c2-c2nc3cc(C(=O)NCC45CC(CO)(CCO4)C5)ccn3c2Cl)c(F)n1. The van der Waals surface area contributed by atoms with Crippen LogP contribution in [0.4, 0.5) is 8.78 Å². The van der Waals surface area contributed by atoms with E-state index in [1.807, 2.05) is 0 Å². The van der Waals surface area contributed by atoms with Crippen LogP contribution in [0.1, 0.15) is 29.6 Å². The zero-order valence-electron chi connectivity index (χ0n) is 20.0. The van der Waals surface area contributed by atoms with Crippen molar-refractivity contribution in [3.8, 4) is 22.4 Å². The van der Waals surface area contributed by atoms with Crippen LogP contribution in [-0.4, -0.2) is 55.5 Å². The first-order chi connectivity index (χ1) is 17.7. The fraction of sp³-hybridized carbons (Fsp3) is 0.346. The Labute approximate surface area is 215 Å². The molecule has 37 heavy (non-hydrogen) atoms. The Balaban J connectivity index is 1.30. The van der Waals surface area contributed by atoms with E-state index in [0.717, 1.165) is 19.3 Å². The number of benzene rings is 1. The molecule has 1 aromatic carbocycles. The molecule has 0 spiro atoms. The molecule has 2 aliphatic heterocycles. The van der Waals surface area contributed by atoms with Gasteiger partial charge in [0.1, 0.15) is 22.3 Å². The summed E-state index contributed by atoms with van der Waals surface area (Å²) in [4.78, 5) is 17.4. The van der Waals surface area contributed by atoms with Gasteiger partial charge in [0.15, 0.2) is 0 Å². The summed E-state index contributed by atoms with van der Waals surface area (Å²) in [6.07, 6.45) is 5.32. The highest BCUT2D eigenvalue weighted by molar-refractivity contribution is 6.32. The summed E-state index contributed by atoms with van der Waals surface area (Å²) in [6, 6.07) is 7.48. The summed E-state index contributed by atoms with van der Waals surface area (Å²) in [5.74, 6) is -1.66. The number of aryl methyl sites for hydroxylation is 1. The minimum absolute atomic E-state index is 0.0417. The molecular weight excluding hydrogens is 504 g/mol. The van der Waals surface area contributed by atoms with E-state index in [1.54, 1.807) is 31.4 Å². The third-order valence-electron chi connectivity index (χ3n) is 7.50. The van der Waals surface area contributed by atoms with Crippen molar-refractivity contribution in [2.45, 2.75) is 24.9 Å². The number of fused-ring (bicyclic) bond motifs is 3. The van der Waals surface area contributed by atoms with E-state index in [0.29, 0.717) is 24.4 Å². The number of pyridine rings is 1. The van der Waals surface area contributed by atoms with Crippen LogP contribution in [0.2, 0.25) is 5.15 Å². The minimum atomic E-state index is -0.739. The highest BCUT2D eigenvalue weighted by Crippen LogP contribution is 2.56. The maximum atomic E-state index is 15.1. The fourth-order valence-corrected chi connectivity index (χ4v) is 6.01. The van der Waals surface area contributed by atoms with Gasteiger partial charge >= 0.3 is 0 Å². The van der Waals surface area contributed by atoms with Crippen molar-refractivity contribution in [1.29, 1.82) is 0 Å². The predicted octanol–water partition coefficient (Wildman–Crippen LogP) is 3.99. The average Bonchev–Trinajstić information content (AvgIpc) is 3.39. The van der Waals surface area contributed by atoms with Crippen molar-refractivity contribution in [3.05, 3.63) is 65.2 Å². The molecule has 2 bridgehead atoms. The minimum Gasteiger partial charge on any atom is -0.396 e. The van der Waals surface area contributed by atoms with Gasteiger partial charge in [-0.2, -0.15) is 4.39 Å². The lowest BCUT2D eigenvalue weighted by Crippen LogP contribution is -2.64. The van der Waals surface area contributed by atoms with Crippen LogP contribution in [0.3, 0.4) is 0 Å². The molecule has 0 atom stereocenters. The summed E-state index contributed by atoms with van der Waals surface area (Å²) < 4.78 is 38.3. The van der Waals surface area contributed by atoms with Crippen LogP contribution in [0.25, 0.3) is 28.0 Å². The van der Waals surface area contributed by atoms with Crippen LogP contribution < -0.4 is 5.32 Å². The molecule has 3 fully saturated rings. The number of ether oxygens (including phenoxy) is 1. The zero-order chi connectivity index (χ0) is 25.9. The van der Waals surface area contributed by atoms with Gasteiger partial charge in [-0.25, -0.2) is 9.37 Å². The van der Waals surface area contributed by atoms with E-state index in [-0.39, 0.29) is 45.5 Å². The quantitative estimate of drug-likeness (QED) is 0.395. The van der Waals surface area contributed by atoms with E-state index in [1.165, 1.54) is 27.4 Å². The Morgan fingerprint density at radius 3 is 2.81 bits per heavy atom. The lowest BCUT2D eigenvalue weighted by Gasteiger charge is -2.59. The van der Waals surface area contributed by atoms with Gasteiger partial charge in [-0.1, -0.05) is 23.7 Å². The Morgan fingerprint density at radius 2 is 2.08 bits per heavy atom. The first-order valence-corrected chi connectivity index (χ1v) is 12.3. The topological polar surface area (TPSA) is 93.7 Å². The molecule has 1 amide bonds. The molecule has 5 heterocycles. The maximum Gasteiger partial charge on any atom is 0.251 e. The molecule has 0 radical (unpaired) electrons. The largest absolute Gasteiger partial charge is 0.396 e. The number of rotatable bonds is 6. The number of imidazole rings is 1. The van der Waals surface area contributed by atoms with Gasteiger partial charge in [0, 0.05) is 61.3 Å². The van der Waals surface area contributed by atoms with Crippen LogP contribution >= 0.6 is 11.6 Å². The first kappa shape index (κ1) is 24.0. The van der Waals surface area contributed by atoms with Crippen LogP contribution in [0.15, 0.2) is 42.7 Å². The molecule has 3 aliphatic rings. The Morgan fingerprint density at radius 1 is 1.27 bits per heavy atom. The molecule has 0 unspecified atom stereocenters. The molecule has 8 nitrogen and oxygen atoms in total. The summed E-state index contributed by atoms with van der Waals surface area (Å²) in [6.45, 7) is 1.04. The normalized spacial score (nSPS) is 22.7. The number of aromatic nitrogens is 4. The lowest BCUT2D eigenvalue weighted by molar-refractivity contribution is -0.232. The van der Waals surface area contributed by atoms with Gasteiger partial charge in [-0.05, 0) is 37.5 Å². The van der Waals surface area contributed by atoms with Crippen molar-refractivity contribution in [1.82, 2.24) is 24.5 Å². The average molecular weight is 528 g/mol. The van der Waals surface area contributed by atoms with Gasteiger partial charge in [0.25, 0.3) is 5.91 Å². The number of aliphatic hydroxyl groups excluding tert-OH is 1. The molecule has 3 aromatic heterocycles. The van der Waals surface area contributed by atoms with Gasteiger partial charge in [-0.3, -0.25) is 13.9 Å². The van der Waals surface area contributed by atoms with E-state index >= 15 is 4.39 Å². The van der Waals surface area contributed by atoms with E-state index in [9.17, 15) is 14.3 Å². The predicted molar refractivity (Wildman–Crippen MR) is 132 cm³/mol. The van der Waals surface area contributed by atoms with Crippen molar-refractivity contribution in [2.75, 3.05) is 19.8 Å². The molecule has 2 saturated heterocycles.